The van der Waals surface area contributed by atoms with Crippen LogP contribution in [0.1, 0.15) is 77.6 Å². The molecule has 4 aromatic rings. The number of carbonyl (C=O) groups excluding carboxylic acids is 2. The number of hydrogen-bond donors (Lipinski definition) is 2. The first-order chi connectivity index (χ1) is 21.0. The van der Waals surface area contributed by atoms with Crippen LogP contribution in [0.25, 0.3) is 28.2 Å². The molecule has 1 amide bonds. The van der Waals surface area contributed by atoms with Crippen LogP contribution in [0.2, 0.25) is 0 Å². The second-order valence-electron chi connectivity index (χ2n) is 12.8. The number of esters is 1. The third-order valence-corrected chi connectivity index (χ3v) is 8.54. The molecule has 0 spiro atoms. The number of amides is 1. The standard InChI is InChI=1S/C34H40N6O4/c1-6-43-29(41)34(20-11-21-34)37-28-26(23-12-8-7-9-13-23)27(36-30-35-22(2)39-40(28)30)24-14-16-25(17-15-24)33(18-10-19-33)38-31(42)44-32(3,4)5/h7-9,12-17,37H,6,10-11,18-21H2,1-5H3,(H,38,42). The van der Waals surface area contributed by atoms with Gasteiger partial charge in [0, 0.05) is 5.56 Å². The number of alkyl carbamates (subject to hydrolysis) is 1. The molecule has 2 fully saturated rings. The molecule has 2 aliphatic rings. The molecule has 0 bridgehead atoms. The summed E-state index contributed by atoms with van der Waals surface area (Å²) in [6.45, 7) is 9.55. The Morgan fingerprint density at radius 1 is 0.932 bits per heavy atom. The van der Waals surface area contributed by atoms with Crippen LogP contribution in [0.4, 0.5) is 10.6 Å². The number of benzene rings is 2. The van der Waals surface area contributed by atoms with Gasteiger partial charge in [0.25, 0.3) is 5.78 Å². The van der Waals surface area contributed by atoms with Crippen molar-refractivity contribution in [3.63, 3.8) is 0 Å². The average Bonchev–Trinajstić information content (AvgIpc) is 3.32. The van der Waals surface area contributed by atoms with E-state index < -0.39 is 22.8 Å². The van der Waals surface area contributed by atoms with E-state index in [2.05, 4.69) is 32.8 Å². The second-order valence-corrected chi connectivity index (χ2v) is 12.8. The van der Waals surface area contributed by atoms with E-state index in [1.807, 2.05) is 77.1 Å². The number of rotatable bonds is 8. The summed E-state index contributed by atoms with van der Waals surface area (Å²) in [6.07, 6.45) is 4.54. The van der Waals surface area contributed by atoms with Gasteiger partial charge in [0.2, 0.25) is 0 Å². The number of anilines is 1. The van der Waals surface area contributed by atoms with Crippen molar-refractivity contribution in [2.45, 2.75) is 89.8 Å². The van der Waals surface area contributed by atoms with Gasteiger partial charge in [-0.2, -0.15) is 9.50 Å². The molecule has 230 valence electrons. The smallest absolute Gasteiger partial charge is 0.408 e. The molecule has 2 heterocycles. The summed E-state index contributed by atoms with van der Waals surface area (Å²) in [6, 6.07) is 18.2. The van der Waals surface area contributed by atoms with Gasteiger partial charge < -0.3 is 20.1 Å². The van der Waals surface area contributed by atoms with E-state index >= 15 is 0 Å². The number of fused-ring (bicyclic) bond motifs is 1. The molecule has 2 aromatic carbocycles. The van der Waals surface area contributed by atoms with Crippen molar-refractivity contribution in [1.82, 2.24) is 24.9 Å². The highest BCUT2D eigenvalue weighted by molar-refractivity contribution is 5.93. The molecular formula is C34H40N6O4. The van der Waals surface area contributed by atoms with Crippen molar-refractivity contribution in [2.75, 3.05) is 11.9 Å². The molecule has 0 aliphatic heterocycles. The Kier molecular flexibility index (Phi) is 7.55. The Bertz CT molecular complexity index is 1680. The average molecular weight is 597 g/mol. The Hall–Kier alpha value is -4.47. The largest absolute Gasteiger partial charge is 0.464 e. The van der Waals surface area contributed by atoms with Gasteiger partial charge in [-0.1, -0.05) is 54.6 Å². The summed E-state index contributed by atoms with van der Waals surface area (Å²) in [5, 5.41) is 11.4. The Labute approximate surface area is 257 Å². The molecule has 44 heavy (non-hydrogen) atoms. The van der Waals surface area contributed by atoms with Crippen LogP contribution in [0, 0.1) is 6.92 Å². The minimum Gasteiger partial charge on any atom is -0.464 e. The van der Waals surface area contributed by atoms with Crippen LogP contribution in [0.5, 0.6) is 0 Å². The lowest BCUT2D eigenvalue weighted by atomic mass is 9.71. The van der Waals surface area contributed by atoms with Crippen molar-refractivity contribution in [3.05, 3.63) is 66.0 Å². The summed E-state index contributed by atoms with van der Waals surface area (Å²) in [5.41, 5.74) is 2.47. The van der Waals surface area contributed by atoms with Crippen LogP contribution in [-0.4, -0.2) is 49.4 Å². The first-order valence-electron chi connectivity index (χ1n) is 15.4. The summed E-state index contributed by atoms with van der Waals surface area (Å²) >= 11 is 0. The number of nitrogens with zero attached hydrogens (tertiary/aromatic N) is 4. The second kappa shape index (κ2) is 11.2. The minimum absolute atomic E-state index is 0.263. The van der Waals surface area contributed by atoms with E-state index in [1.165, 1.54) is 0 Å². The van der Waals surface area contributed by atoms with Gasteiger partial charge in [0.05, 0.1) is 23.4 Å². The van der Waals surface area contributed by atoms with E-state index in [4.69, 9.17) is 14.5 Å². The fourth-order valence-electron chi connectivity index (χ4n) is 6.07. The van der Waals surface area contributed by atoms with Gasteiger partial charge in [0.1, 0.15) is 22.8 Å². The van der Waals surface area contributed by atoms with Crippen molar-refractivity contribution in [3.8, 4) is 22.4 Å². The van der Waals surface area contributed by atoms with E-state index in [0.717, 1.165) is 47.9 Å². The van der Waals surface area contributed by atoms with Crippen LogP contribution in [0.3, 0.4) is 0 Å². The normalized spacial score (nSPS) is 16.8. The third kappa shape index (κ3) is 5.49. The van der Waals surface area contributed by atoms with Gasteiger partial charge in [-0.15, -0.1) is 5.10 Å². The van der Waals surface area contributed by atoms with Crippen molar-refractivity contribution < 1.29 is 19.1 Å². The third-order valence-electron chi connectivity index (χ3n) is 8.54. The summed E-state index contributed by atoms with van der Waals surface area (Å²) in [7, 11) is 0. The fraction of sp³-hybridized carbons (Fsp3) is 0.441. The predicted molar refractivity (Wildman–Crippen MR) is 168 cm³/mol. The van der Waals surface area contributed by atoms with E-state index in [-0.39, 0.29) is 5.97 Å². The highest BCUT2D eigenvalue weighted by Gasteiger charge is 2.47. The van der Waals surface area contributed by atoms with E-state index in [0.29, 0.717) is 42.6 Å². The highest BCUT2D eigenvalue weighted by Crippen LogP contribution is 2.45. The van der Waals surface area contributed by atoms with Gasteiger partial charge >= 0.3 is 12.1 Å². The molecule has 0 unspecified atom stereocenters. The number of carbonyl (C=O) groups is 2. The fourth-order valence-corrected chi connectivity index (χ4v) is 6.07. The number of ether oxygens (including phenoxy) is 2. The Morgan fingerprint density at radius 3 is 2.18 bits per heavy atom. The molecule has 2 N–H and O–H groups in total. The minimum atomic E-state index is -0.848. The molecule has 2 aromatic heterocycles. The molecule has 10 nitrogen and oxygen atoms in total. The summed E-state index contributed by atoms with van der Waals surface area (Å²) in [4.78, 5) is 35.6. The zero-order chi connectivity index (χ0) is 31.1. The lowest BCUT2D eigenvalue weighted by Crippen LogP contribution is -2.53. The molecule has 0 radical (unpaired) electrons. The molecular weight excluding hydrogens is 556 g/mol. The van der Waals surface area contributed by atoms with Gasteiger partial charge in [0.15, 0.2) is 0 Å². The highest BCUT2D eigenvalue weighted by atomic mass is 16.6. The quantitative estimate of drug-likeness (QED) is 0.219. The number of hydrogen-bond acceptors (Lipinski definition) is 8. The zero-order valence-corrected chi connectivity index (χ0v) is 26.1. The number of nitrogens with one attached hydrogen (secondary N) is 2. The number of aryl methyl sites for hydroxylation is 1. The molecule has 0 saturated heterocycles. The maximum Gasteiger partial charge on any atom is 0.408 e. The Balaban J connectivity index is 1.46. The van der Waals surface area contributed by atoms with Crippen molar-refractivity contribution >= 4 is 23.7 Å². The van der Waals surface area contributed by atoms with Crippen molar-refractivity contribution in [1.29, 1.82) is 0 Å². The van der Waals surface area contributed by atoms with Crippen molar-refractivity contribution in [2.24, 2.45) is 0 Å². The topological polar surface area (TPSA) is 120 Å². The SMILES string of the molecule is CCOC(=O)C1(Nc2c(-c3ccccc3)c(-c3ccc(C4(NC(=O)OC(C)(C)C)CCC4)cc3)nc3nc(C)nn23)CCC1. The zero-order valence-electron chi connectivity index (χ0n) is 26.1. The lowest BCUT2D eigenvalue weighted by molar-refractivity contribution is -0.151. The first kappa shape index (κ1) is 29.6. The maximum atomic E-state index is 13.2. The molecule has 6 rings (SSSR count). The molecule has 0 atom stereocenters. The van der Waals surface area contributed by atoms with E-state index in [9.17, 15) is 9.59 Å². The maximum absolute atomic E-state index is 13.2. The Morgan fingerprint density at radius 2 is 1.61 bits per heavy atom. The monoisotopic (exact) mass is 596 g/mol. The first-order valence-corrected chi connectivity index (χ1v) is 15.4. The summed E-state index contributed by atoms with van der Waals surface area (Å²) < 4.78 is 12.8. The number of aromatic nitrogens is 4. The van der Waals surface area contributed by atoms with Gasteiger partial charge in [-0.25, -0.2) is 14.6 Å². The van der Waals surface area contributed by atoms with Crippen LogP contribution >= 0.6 is 0 Å². The van der Waals surface area contributed by atoms with Crippen LogP contribution in [0.15, 0.2) is 54.6 Å². The molecule has 2 saturated carbocycles. The lowest BCUT2D eigenvalue weighted by Gasteiger charge is -2.43. The summed E-state index contributed by atoms with van der Waals surface area (Å²) in [5.74, 6) is 1.40. The van der Waals surface area contributed by atoms with Gasteiger partial charge in [-0.05, 0) is 84.3 Å². The molecule has 2 aliphatic carbocycles. The predicted octanol–water partition coefficient (Wildman–Crippen LogP) is 6.57. The molecule has 10 heteroatoms. The van der Waals surface area contributed by atoms with Crippen LogP contribution < -0.4 is 10.6 Å². The van der Waals surface area contributed by atoms with E-state index in [1.54, 1.807) is 4.52 Å². The van der Waals surface area contributed by atoms with Crippen LogP contribution in [-0.2, 0) is 19.8 Å². The van der Waals surface area contributed by atoms with Gasteiger partial charge in [-0.3, -0.25) is 0 Å².